The van der Waals surface area contributed by atoms with Crippen molar-refractivity contribution in [3.63, 3.8) is 0 Å². The van der Waals surface area contributed by atoms with Crippen LogP contribution in [0.2, 0.25) is 0 Å². The van der Waals surface area contributed by atoms with E-state index in [4.69, 9.17) is 10.2 Å². The molecular formula is C10H18O2. The molecule has 0 amide bonds. The molecule has 2 nitrogen and oxygen atoms in total. The maximum absolute atomic E-state index is 9.01. The van der Waals surface area contributed by atoms with Crippen LogP contribution in [0.15, 0.2) is 11.1 Å². The van der Waals surface area contributed by atoms with Crippen LogP contribution in [0.25, 0.3) is 0 Å². The summed E-state index contributed by atoms with van der Waals surface area (Å²) in [6.45, 7) is 6.63. The largest absolute Gasteiger partial charge is 0.396 e. The van der Waals surface area contributed by atoms with E-state index >= 15 is 0 Å². The molecule has 1 atom stereocenters. The van der Waals surface area contributed by atoms with E-state index in [0.717, 1.165) is 12.0 Å². The smallest absolute Gasteiger partial charge is 0.0641 e. The highest BCUT2D eigenvalue weighted by atomic mass is 16.3. The lowest BCUT2D eigenvalue weighted by molar-refractivity contribution is 0.0817. The molecule has 1 saturated carbocycles. The number of hydrogen-bond acceptors (Lipinski definition) is 2. The highest BCUT2D eigenvalue weighted by Gasteiger charge is 2.43. The molecule has 0 bridgehead atoms. The van der Waals surface area contributed by atoms with Gasteiger partial charge in [0.1, 0.15) is 0 Å². The molecule has 2 heteroatoms. The molecule has 0 aromatic rings. The topological polar surface area (TPSA) is 40.5 Å². The number of aliphatic hydroxyl groups is 2. The second-order valence-electron chi connectivity index (χ2n) is 4.22. The van der Waals surface area contributed by atoms with E-state index in [0.29, 0.717) is 5.92 Å². The lowest BCUT2D eigenvalue weighted by Gasteiger charge is -2.48. The van der Waals surface area contributed by atoms with Crippen LogP contribution >= 0.6 is 0 Å². The first-order valence-corrected chi connectivity index (χ1v) is 4.44. The van der Waals surface area contributed by atoms with Crippen LogP contribution in [0.3, 0.4) is 0 Å². The van der Waals surface area contributed by atoms with E-state index in [2.05, 4.69) is 13.8 Å². The summed E-state index contributed by atoms with van der Waals surface area (Å²) in [4.78, 5) is 0. The predicted octanol–water partition coefficient (Wildman–Crippen LogP) is 1.33. The normalized spacial score (nSPS) is 31.2. The Hall–Kier alpha value is -0.340. The van der Waals surface area contributed by atoms with E-state index < -0.39 is 0 Å². The summed E-state index contributed by atoms with van der Waals surface area (Å²) in [5.74, 6) is 0.383. The molecular weight excluding hydrogens is 152 g/mol. The Morgan fingerprint density at radius 2 is 2.08 bits per heavy atom. The number of hydrogen-bond donors (Lipinski definition) is 2. The first-order chi connectivity index (χ1) is 5.54. The maximum atomic E-state index is 9.01. The Morgan fingerprint density at radius 3 is 2.42 bits per heavy atom. The Balaban J connectivity index is 2.77. The van der Waals surface area contributed by atoms with Gasteiger partial charge in [-0.1, -0.05) is 19.4 Å². The molecule has 1 aliphatic rings. The zero-order chi connectivity index (χ0) is 9.35. The molecule has 0 radical (unpaired) electrons. The van der Waals surface area contributed by atoms with Crippen molar-refractivity contribution in [3.8, 4) is 0 Å². The van der Waals surface area contributed by atoms with Crippen LogP contribution in [0.1, 0.15) is 27.2 Å². The summed E-state index contributed by atoms with van der Waals surface area (Å²) >= 11 is 0. The van der Waals surface area contributed by atoms with Crippen LogP contribution in [0, 0.1) is 11.3 Å². The molecule has 0 spiro atoms. The molecule has 12 heavy (non-hydrogen) atoms. The first kappa shape index (κ1) is 9.75. The predicted molar refractivity (Wildman–Crippen MR) is 48.8 cm³/mol. The van der Waals surface area contributed by atoms with Gasteiger partial charge in [0, 0.05) is 6.61 Å². The minimum Gasteiger partial charge on any atom is -0.396 e. The van der Waals surface area contributed by atoms with Gasteiger partial charge >= 0.3 is 0 Å². The fourth-order valence-corrected chi connectivity index (χ4v) is 1.99. The summed E-state index contributed by atoms with van der Waals surface area (Å²) in [5.41, 5.74) is 2.50. The molecule has 1 fully saturated rings. The minimum atomic E-state index is 0.0988. The highest BCUT2D eigenvalue weighted by molar-refractivity contribution is 5.29. The summed E-state index contributed by atoms with van der Waals surface area (Å²) in [5, 5.41) is 17.9. The highest BCUT2D eigenvalue weighted by Crippen LogP contribution is 2.51. The van der Waals surface area contributed by atoms with Gasteiger partial charge in [-0.25, -0.2) is 0 Å². The van der Waals surface area contributed by atoms with Crippen LogP contribution < -0.4 is 0 Å². The molecule has 70 valence electrons. The third-order valence-electron chi connectivity index (χ3n) is 3.22. The van der Waals surface area contributed by atoms with Gasteiger partial charge in [0.05, 0.1) is 6.61 Å². The fourth-order valence-electron chi connectivity index (χ4n) is 1.99. The van der Waals surface area contributed by atoms with Crippen molar-refractivity contribution in [1.82, 2.24) is 0 Å². The van der Waals surface area contributed by atoms with Crippen LogP contribution in [0.4, 0.5) is 0 Å². The summed E-state index contributed by atoms with van der Waals surface area (Å²) < 4.78 is 0. The second-order valence-corrected chi connectivity index (χ2v) is 4.22. The second kappa shape index (κ2) is 3.19. The quantitative estimate of drug-likeness (QED) is 0.614. The zero-order valence-corrected chi connectivity index (χ0v) is 8.09. The number of aliphatic hydroxyl groups excluding tert-OH is 2. The summed E-state index contributed by atoms with van der Waals surface area (Å²) in [6, 6.07) is 0. The van der Waals surface area contributed by atoms with E-state index in [9.17, 15) is 0 Å². The SMILES string of the molecule is C/C(CO)=C1/CC(CO)C1(C)C. The Morgan fingerprint density at radius 1 is 1.50 bits per heavy atom. The van der Waals surface area contributed by atoms with Gasteiger partial charge in [0.15, 0.2) is 0 Å². The van der Waals surface area contributed by atoms with Crippen molar-refractivity contribution in [2.75, 3.05) is 13.2 Å². The lowest BCUT2D eigenvalue weighted by atomic mass is 9.58. The molecule has 0 aromatic carbocycles. The van der Waals surface area contributed by atoms with Gasteiger partial charge in [0.25, 0.3) is 0 Å². The average molecular weight is 170 g/mol. The zero-order valence-electron chi connectivity index (χ0n) is 8.09. The maximum Gasteiger partial charge on any atom is 0.0641 e. The molecule has 0 heterocycles. The van der Waals surface area contributed by atoms with Gasteiger partial charge in [-0.3, -0.25) is 0 Å². The lowest BCUT2D eigenvalue weighted by Crippen LogP contribution is -2.41. The van der Waals surface area contributed by atoms with E-state index in [1.54, 1.807) is 0 Å². The summed E-state index contributed by atoms with van der Waals surface area (Å²) in [7, 11) is 0. The molecule has 1 unspecified atom stereocenters. The monoisotopic (exact) mass is 170 g/mol. The standard InChI is InChI=1S/C10H18O2/c1-7(5-11)9-4-8(6-12)10(9,2)3/h8,11-12H,4-6H2,1-3H3/b9-7+. The first-order valence-electron chi connectivity index (χ1n) is 4.44. The third kappa shape index (κ3) is 1.29. The molecule has 1 aliphatic carbocycles. The van der Waals surface area contributed by atoms with E-state index in [1.165, 1.54) is 5.57 Å². The van der Waals surface area contributed by atoms with Gasteiger partial charge in [-0.2, -0.15) is 0 Å². The van der Waals surface area contributed by atoms with E-state index in [1.807, 2.05) is 6.92 Å². The third-order valence-corrected chi connectivity index (χ3v) is 3.22. The van der Waals surface area contributed by atoms with Crippen LogP contribution in [-0.4, -0.2) is 23.4 Å². The molecule has 0 aromatic heterocycles. The average Bonchev–Trinajstić information content (AvgIpc) is 2.03. The Labute approximate surface area is 73.9 Å². The van der Waals surface area contributed by atoms with Crippen LogP contribution in [0.5, 0.6) is 0 Å². The van der Waals surface area contributed by atoms with Crippen molar-refractivity contribution in [1.29, 1.82) is 0 Å². The van der Waals surface area contributed by atoms with Crippen molar-refractivity contribution < 1.29 is 10.2 Å². The molecule has 1 rings (SSSR count). The van der Waals surface area contributed by atoms with Crippen molar-refractivity contribution in [2.45, 2.75) is 27.2 Å². The van der Waals surface area contributed by atoms with Gasteiger partial charge in [0.2, 0.25) is 0 Å². The van der Waals surface area contributed by atoms with E-state index in [-0.39, 0.29) is 18.6 Å². The van der Waals surface area contributed by atoms with Crippen molar-refractivity contribution in [2.24, 2.45) is 11.3 Å². The van der Waals surface area contributed by atoms with Crippen molar-refractivity contribution >= 4 is 0 Å². The fraction of sp³-hybridized carbons (Fsp3) is 0.800. The number of rotatable bonds is 2. The Bertz CT molecular complexity index is 204. The van der Waals surface area contributed by atoms with Crippen molar-refractivity contribution in [3.05, 3.63) is 11.1 Å². The summed E-state index contributed by atoms with van der Waals surface area (Å²) in [6.07, 6.45) is 0.954. The Kier molecular flexibility index (Phi) is 2.59. The molecule has 0 aliphatic heterocycles. The molecule has 0 saturated heterocycles. The van der Waals surface area contributed by atoms with Crippen LogP contribution in [-0.2, 0) is 0 Å². The minimum absolute atomic E-state index is 0.0988. The van der Waals surface area contributed by atoms with Gasteiger partial charge in [-0.05, 0) is 30.3 Å². The van der Waals surface area contributed by atoms with Gasteiger partial charge in [-0.15, -0.1) is 0 Å². The van der Waals surface area contributed by atoms with Gasteiger partial charge < -0.3 is 10.2 Å². The number of allylic oxidation sites excluding steroid dienone is 1. The molecule has 2 N–H and O–H groups in total.